The summed E-state index contributed by atoms with van der Waals surface area (Å²) in [6.07, 6.45) is -4.97. The van der Waals surface area contributed by atoms with Gasteiger partial charge in [0, 0.05) is 4.90 Å². The Balaban J connectivity index is 2.18. The fourth-order valence-corrected chi connectivity index (χ4v) is 5.15. The number of alkyl halides is 6. The lowest BCUT2D eigenvalue weighted by Gasteiger charge is -2.23. The van der Waals surface area contributed by atoms with Gasteiger partial charge in [0.2, 0.25) is 10.0 Å². The lowest BCUT2D eigenvalue weighted by Crippen LogP contribution is -2.49. The van der Waals surface area contributed by atoms with Gasteiger partial charge in [-0.2, -0.15) is 31.1 Å². The van der Waals surface area contributed by atoms with Gasteiger partial charge in [-0.25, -0.2) is 8.42 Å². The summed E-state index contributed by atoms with van der Waals surface area (Å²) in [6, 6.07) is 4.75. The summed E-state index contributed by atoms with van der Waals surface area (Å²) in [5, 5.41) is 0. The molecule has 2 aromatic rings. The molecule has 4 nitrogen and oxygen atoms in total. The molecule has 12 heteroatoms. The maximum absolute atomic E-state index is 13.4. The van der Waals surface area contributed by atoms with E-state index in [1.807, 2.05) is 0 Å². The first-order chi connectivity index (χ1) is 14.1. The predicted molar refractivity (Wildman–Crippen MR) is 105 cm³/mol. The maximum atomic E-state index is 13.4. The molecule has 0 fully saturated rings. The predicted octanol–water partition coefficient (Wildman–Crippen LogP) is 5.51. The molecule has 0 bridgehead atoms. The molecule has 1 N–H and O–H groups in total. The van der Waals surface area contributed by atoms with Crippen LogP contribution in [0.4, 0.5) is 26.3 Å². The van der Waals surface area contributed by atoms with E-state index in [1.165, 1.54) is 13.8 Å². The zero-order chi connectivity index (χ0) is 23.6. The van der Waals surface area contributed by atoms with Gasteiger partial charge in [0.15, 0.2) is 6.04 Å². The first-order valence-corrected chi connectivity index (χ1v) is 11.0. The van der Waals surface area contributed by atoms with Crippen LogP contribution in [0.3, 0.4) is 0 Å². The molecule has 0 saturated carbocycles. The van der Waals surface area contributed by atoms with Crippen LogP contribution in [0, 0.1) is 20.8 Å². The molecule has 2 aromatic carbocycles. The number of benzene rings is 2. The van der Waals surface area contributed by atoms with Crippen LogP contribution < -0.4 is 9.46 Å². The fourth-order valence-electron chi connectivity index (χ4n) is 2.95. The van der Waals surface area contributed by atoms with E-state index in [0.717, 1.165) is 29.8 Å². The fraction of sp³-hybridized carbons (Fsp3) is 0.368. The Morgan fingerprint density at radius 3 is 1.94 bits per heavy atom. The first kappa shape index (κ1) is 25.3. The molecule has 172 valence electrons. The molecule has 0 aliphatic rings. The monoisotopic (exact) mass is 487 g/mol. The summed E-state index contributed by atoms with van der Waals surface area (Å²) in [7, 11) is -4.53. The third-order valence-electron chi connectivity index (χ3n) is 4.04. The van der Waals surface area contributed by atoms with Gasteiger partial charge in [0.1, 0.15) is 12.4 Å². The first-order valence-electron chi connectivity index (χ1n) is 8.74. The molecule has 0 amide bonds. The topological polar surface area (TPSA) is 55.4 Å². The highest BCUT2D eigenvalue weighted by atomic mass is 32.2. The van der Waals surface area contributed by atoms with Crippen molar-refractivity contribution >= 4 is 21.8 Å². The van der Waals surface area contributed by atoms with Crippen molar-refractivity contribution in [3.63, 3.8) is 0 Å². The smallest absolute Gasteiger partial charge is 0.446 e. The summed E-state index contributed by atoms with van der Waals surface area (Å²) in [6.45, 7) is 3.59. The molecule has 0 saturated heterocycles. The van der Waals surface area contributed by atoms with E-state index in [4.69, 9.17) is 4.74 Å². The average Bonchev–Trinajstić information content (AvgIpc) is 2.56. The van der Waals surface area contributed by atoms with Gasteiger partial charge in [-0.1, -0.05) is 17.7 Å². The molecule has 0 aliphatic carbocycles. The standard InChI is InChI=1S/C19H19F6NO3S2/c1-11-8-12(2)17(13(3)9-11)31(27,28)26-16(18(20,21)22)10-29-14-4-6-15(7-5-14)30-19(23,24)25/h4-9,16,26H,10H2,1-3H3. The molecule has 0 radical (unpaired) electrons. The summed E-state index contributed by atoms with van der Waals surface area (Å²) < 4.78 is 109. The van der Waals surface area contributed by atoms with Crippen LogP contribution in [-0.4, -0.2) is 32.8 Å². The van der Waals surface area contributed by atoms with E-state index in [1.54, 1.807) is 23.8 Å². The van der Waals surface area contributed by atoms with Crippen molar-refractivity contribution in [2.24, 2.45) is 0 Å². The average molecular weight is 487 g/mol. The van der Waals surface area contributed by atoms with Crippen LogP contribution in [0.5, 0.6) is 5.75 Å². The molecule has 0 aromatic heterocycles. The number of nitrogens with one attached hydrogen (secondary N) is 1. The zero-order valence-electron chi connectivity index (χ0n) is 16.6. The van der Waals surface area contributed by atoms with Gasteiger partial charge in [0.05, 0.1) is 4.90 Å². The third-order valence-corrected chi connectivity index (χ3v) is 6.56. The largest absolute Gasteiger partial charge is 0.492 e. The number of thioether (sulfide) groups is 1. The highest BCUT2D eigenvalue weighted by Gasteiger charge is 2.43. The second kappa shape index (κ2) is 9.29. The van der Waals surface area contributed by atoms with Crippen molar-refractivity contribution in [1.82, 2.24) is 4.72 Å². The minimum Gasteiger partial charge on any atom is -0.492 e. The Labute approximate surface area is 180 Å². The minimum atomic E-state index is -4.97. The highest BCUT2D eigenvalue weighted by Crippen LogP contribution is 2.37. The highest BCUT2D eigenvalue weighted by molar-refractivity contribution is 8.00. The molecule has 0 spiro atoms. The molecular weight excluding hydrogens is 468 g/mol. The quantitative estimate of drug-likeness (QED) is 0.413. The zero-order valence-corrected chi connectivity index (χ0v) is 18.2. The van der Waals surface area contributed by atoms with Gasteiger partial charge >= 0.3 is 11.7 Å². The Hall–Kier alpha value is -1.92. The second-order valence-corrected chi connectivity index (χ2v) is 9.56. The van der Waals surface area contributed by atoms with E-state index in [-0.39, 0.29) is 27.3 Å². The third kappa shape index (κ3) is 7.32. The van der Waals surface area contributed by atoms with Crippen LogP contribution in [0.2, 0.25) is 0 Å². The van der Waals surface area contributed by atoms with Crippen molar-refractivity contribution in [1.29, 1.82) is 0 Å². The summed E-state index contributed by atoms with van der Waals surface area (Å²) in [5.41, 5.74) is -3.15. The number of hydrogen-bond acceptors (Lipinski definition) is 4. The lowest BCUT2D eigenvalue weighted by atomic mass is 10.1. The van der Waals surface area contributed by atoms with E-state index >= 15 is 0 Å². The van der Waals surface area contributed by atoms with E-state index in [2.05, 4.69) is 0 Å². The van der Waals surface area contributed by atoms with Crippen molar-refractivity contribution in [2.45, 2.75) is 48.3 Å². The van der Waals surface area contributed by atoms with E-state index in [0.29, 0.717) is 11.1 Å². The van der Waals surface area contributed by atoms with Crippen molar-refractivity contribution in [3.8, 4) is 5.75 Å². The van der Waals surface area contributed by atoms with Crippen LogP contribution in [0.1, 0.15) is 16.7 Å². The van der Waals surface area contributed by atoms with Gasteiger partial charge in [0.25, 0.3) is 0 Å². The summed E-state index contributed by atoms with van der Waals surface area (Å²) in [5.74, 6) is -0.136. The Morgan fingerprint density at radius 1 is 0.968 bits per heavy atom. The van der Waals surface area contributed by atoms with Crippen LogP contribution in [-0.2, 0) is 10.0 Å². The summed E-state index contributed by atoms with van der Waals surface area (Å²) in [4.78, 5) is -0.417. The Kier molecular flexibility index (Phi) is 7.59. The van der Waals surface area contributed by atoms with Crippen LogP contribution in [0.25, 0.3) is 0 Å². The molecule has 1 unspecified atom stereocenters. The van der Waals surface area contributed by atoms with Crippen molar-refractivity contribution < 1.29 is 39.5 Å². The Morgan fingerprint density at radius 2 is 1.48 bits per heavy atom. The number of rotatable bonds is 7. The van der Waals surface area contributed by atoms with Gasteiger partial charge < -0.3 is 4.74 Å². The number of hydrogen-bond donors (Lipinski definition) is 1. The SMILES string of the molecule is Cc1cc(C)c(S(=O)(=O)NC(COc2ccc(SC(F)(F)F)cc2)C(F)(F)F)c(C)c1. The number of ether oxygens (including phenoxy) is 1. The Bertz CT molecular complexity index is 995. The van der Waals surface area contributed by atoms with E-state index < -0.39 is 34.4 Å². The second-order valence-electron chi connectivity index (χ2n) is 6.77. The van der Waals surface area contributed by atoms with Crippen molar-refractivity contribution in [3.05, 3.63) is 53.1 Å². The molecule has 31 heavy (non-hydrogen) atoms. The minimum absolute atomic E-state index is 0.136. The summed E-state index contributed by atoms with van der Waals surface area (Å²) >= 11 is -0.380. The normalized spacial score (nSPS) is 13.8. The molecule has 1 atom stereocenters. The van der Waals surface area contributed by atoms with Crippen LogP contribution in [0.15, 0.2) is 46.2 Å². The van der Waals surface area contributed by atoms with Gasteiger partial charge in [-0.15, -0.1) is 0 Å². The maximum Gasteiger partial charge on any atom is 0.446 e. The lowest BCUT2D eigenvalue weighted by molar-refractivity contribution is -0.157. The van der Waals surface area contributed by atoms with Crippen LogP contribution >= 0.6 is 11.8 Å². The number of aryl methyl sites for hydroxylation is 3. The molecule has 0 aliphatic heterocycles. The molecule has 2 rings (SSSR count). The molecular formula is C19H19F6NO3S2. The van der Waals surface area contributed by atoms with Crippen molar-refractivity contribution in [2.75, 3.05) is 6.61 Å². The number of halogens is 6. The number of sulfonamides is 1. The molecule has 0 heterocycles. The van der Waals surface area contributed by atoms with Gasteiger partial charge in [-0.3, -0.25) is 0 Å². The van der Waals surface area contributed by atoms with E-state index in [9.17, 15) is 34.8 Å². The van der Waals surface area contributed by atoms with Gasteiger partial charge in [-0.05, 0) is 67.9 Å².